The molecular formula is C15H23N5O. The number of ether oxygens (including phenoxy) is 1. The summed E-state index contributed by atoms with van der Waals surface area (Å²) in [7, 11) is 1.71. The molecule has 2 aromatic heterocycles. The van der Waals surface area contributed by atoms with Gasteiger partial charge in [0.2, 0.25) is 0 Å². The number of aryl methyl sites for hydroxylation is 1. The SMILES string of the molecule is COCCn1cc(CNC[C@H]2CCCn3ccnc32)cn1. The van der Waals surface area contributed by atoms with Crippen LogP contribution >= 0.6 is 0 Å². The van der Waals surface area contributed by atoms with E-state index in [1.54, 1.807) is 7.11 Å². The number of methoxy groups -OCH3 is 1. The van der Waals surface area contributed by atoms with E-state index in [4.69, 9.17) is 4.74 Å². The van der Waals surface area contributed by atoms with Crippen molar-refractivity contribution >= 4 is 0 Å². The lowest BCUT2D eigenvalue weighted by atomic mass is 9.99. The molecule has 114 valence electrons. The minimum absolute atomic E-state index is 0.525. The molecule has 3 rings (SSSR count). The molecule has 1 aliphatic heterocycles. The Morgan fingerprint density at radius 3 is 3.33 bits per heavy atom. The number of rotatable bonds is 7. The van der Waals surface area contributed by atoms with Gasteiger partial charge in [0.1, 0.15) is 5.82 Å². The summed E-state index contributed by atoms with van der Waals surface area (Å²) in [5.74, 6) is 1.75. The molecule has 0 spiro atoms. The predicted octanol–water partition coefficient (Wildman–Crippen LogP) is 1.39. The van der Waals surface area contributed by atoms with Crippen LogP contribution in [0.25, 0.3) is 0 Å². The largest absolute Gasteiger partial charge is 0.383 e. The van der Waals surface area contributed by atoms with Crippen LogP contribution in [0.2, 0.25) is 0 Å². The maximum Gasteiger partial charge on any atom is 0.113 e. The molecule has 0 saturated heterocycles. The summed E-state index contributed by atoms with van der Waals surface area (Å²) in [4.78, 5) is 4.49. The van der Waals surface area contributed by atoms with E-state index in [-0.39, 0.29) is 0 Å². The molecule has 1 N–H and O–H groups in total. The van der Waals surface area contributed by atoms with Crippen molar-refractivity contribution in [2.24, 2.45) is 0 Å². The van der Waals surface area contributed by atoms with Crippen molar-refractivity contribution < 1.29 is 4.74 Å². The lowest BCUT2D eigenvalue weighted by Gasteiger charge is -2.23. The molecular weight excluding hydrogens is 266 g/mol. The fraction of sp³-hybridized carbons (Fsp3) is 0.600. The molecule has 1 aliphatic rings. The zero-order chi connectivity index (χ0) is 14.5. The maximum atomic E-state index is 5.06. The van der Waals surface area contributed by atoms with Gasteiger partial charge in [-0.3, -0.25) is 4.68 Å². The first-order valence-corrected chi connectivity index (χ1v) is 7.59. The first kappa shape index (κ1) is 14.3. The molecule has 0 saturated carbocycles. The van der Waals surface area contributed by atoms with Crippen molar-refractivity contribution in [1.29, 1.82) is 0 Å². The number of imidazole rings is 1. The Kier molecular flexibility index (Phi) is 4.67. The van der Waals surface area contributed by atoms with Crippen LogP contribution in [0.3, 0.4) is 0 Å². The van der Waals surface area contributed by atoms with Gasteiger partial charge in [0.25, 0.3) is 0 Å². The molecule has 0 aromatic carbocycles. The van der Waals surface area contributed by atoms with Crippen molar-refractivity contribution in [1.82, 2.24) is 24.6 Å². The molecule has 0 bridgehead atoms. The number of aromatic nitrogens is 4. The van der Waals surface area contributed by atoms with E-state index in [9.17, 15) is 0 Å². The third-order valence-corrected chi connectivity index (χ3v) is 4.00. The van der Waals surface area contributed by atoms with Gasteiger partial charge in [-0.1, -0.05) is 0 Å². The van der Waals surface area contributed by atoms with Crippen LogP contribution < -0.4 is 5.32 Å². The first-order chi connectivity index (χ1) is 10.4. The number of hydrogen-bond donors (Lipinski definition) is 1. The van der Waals surface area contributed by atoms with Crippen LogP contribution in [0.5, 0.6) is 0 Å². The summed E-state index contributed by atoms with van der Waals surface area (Å²) in [6, 6.07) is 0. The number of hydrogen-bond acceptors (Lipinski definition) is 4. The van der Waals surface area contributed by atoms with Gasteiger partial charge in [0.15, 0.2) is 0 Å². The Balaban J connectivity index is 1.47. The quantitative estimate of drug-likeness (QED) is 0.837. The van der Waals surface area contributed by atoms with Crippen molar-refractivity contribution in [3.05, 3.63) is 36.2 Å². The van der Waals surface area contributed by atoms with Gasteiger partial charge in [-0.2, -0.15) is 5.10 Å². The van der Waals surface area contributed by atoms with Gasteiger partial charge < -0.3 is 14.6 Å². The lowest BCUT2D eigenvalue weighted by molar-refractivity contribution is 0.183. The molecule has 6 nitrogen and oxygen atoms in total. The van der Waals surface area contributed by atoms with E-state index in [0.717, 1.165) is 26.2 Å². The highest BCUT2D eigenvalue weighted by Gasteiger charge is 2.20. The summed E-state index contributed by atoms with van der Waals surface area (Å²) >= 11 is 0. The highest BCUT2D eigenvalue weighted by molar-refractivity contribution is 5.06. The van der Waals surface area contributed by atoms with Crippen molar-refractivity contribution in [3.8, 4) is 0 Å². The minimum Gasteiger partial charge on any atom is -0.383 e. The molecule has 0 aliphatic carbocycles. The summed E-state index contributed by atoms with van der Waals surface area (Å²) in [5.41, 5.74) is 1.21. The predicted molar refractivity (Wildman–Crippen MR) is 80.0 cm³/mol. The monoisotopic (exact) mass is 289 g/mol. The standard InChI is InChI=1S/C15H23N5O/c1-21-8-7-20-12-13(10-18-20)9-16-11-14-3-2-5-19-6-4-17-15(14)19/h4,6,10,12,14,16H,2-3,5,7-9,11H2,1H3/t14-/m1/s1. The molecule has 21 heavy (non-hydrogen) atoms. The van der Waals surface area contributed by atoms with Crippen LogP contribution in [-0.2, 0) is 24.4 Å². The second-order valence-corrected chi connectivity index (χ2v) is 5.55. The lowest BCUT2D eigenvalue weighted by Crippen LogP contribution is -2.26. The van der Waals surface area contributed by atoms with Crippen LogP contribution in [0.15, 0.2) is 24.8 Å². The molecule has 1 atom stereocenters. The molecule has 2 aromatic rings. The van der Waals surface area contributed by atoms with Crippen molar-refractivity contribution in [2.45, 2.75) is 38.4 Å². The molecule has 0 amide bonds. The summed E-state index contributed by atoms with van der Waals surface area (Å²) < 4.78 is 9.26. The van der Waals surface area contributed by atoms with Crippen LogP contribution in [0, 0.1) is 0 Å². The molecule has 6 heteroatoms. The van der Waals surface area contributed by atoms with E-state index in [1.807, 2.05) is 17.1 Å². The molecule has 0 unspecified atom stereocenters. The zero-order valence-corrected chi connectivity index (χ0v) is 12.5. The van der Waals surface area contributed by atoms with E-state index in [0.29, 0.717) is 12.5 Å². The number of nitrogens with one attached hydrogen (secondary N) is 1. The summed E-state index contributed by atoms with van der Waals surface area (Å²) in [6.07, 6.45) is 10.5. The molecule has 3 heterocycles. The highest BCUT2D eigenvalue weighted by Crippen LogP contribution is 2.24. The van der Waals surface area contributed by atoms with Crippen LogP contribution in [0.1, 0.15) is 30.1 Å². The Labute approximate surface area is 125 Å². The van der Waals surface area contributed by atoms with E-state index in [2.05, 4.69) is 32.4 Å². The fourth-order valence-corrected chi connectivity index (χ4v) is 2.90. The Hall–Kier alpha value is -1.66. The third kappa shape index (κ3) is 3.51. The number of fused-ring (bicyclic) bond motifs is 1. The van der Waals surface area contributed by atoms with Gasteiger partial charge in [0.05, 0.1) is 19.3 Å². The normalized spacial score (nSPS) is 17.9. The van der Waals surface area contributed by atoms with Crippen LogP contribution in [0.4, 0.5) is 0 Å². The van der Waals surface area contributed by atoms with Crippen molar-refractivity contribution in [3.63, 3.8) is 0 Å². The molecule has 0 radical (unpaired) electrons. The summed E-state index contributed by atoms with van der Waals surface area (Å²) in [6.45, 7) is 4.43. The maximum absolute atomic E-state index is 5.06. The van der Waals surface area contributed by atoms with E-state index < -0.39 is 0 Å². The second-order valence-electron chi connectivity index (χ2n) is 5.55. The smallest absolute Gasteiger partial charge is 0.113 e. The highest BCUT2D eigenvalue weighted by atomic mass is 16.5. The van der Waals surface area contributed by atoms with Gasteiger partial charge in [-0.05, 0) is 12.8 Å². The minimum atomic E-state index is 0.525. The molecule has 0 fully saturated rings. The van der Waals surface area contributed by atoms with E-state index >= 15 is 0 Å². The van der Waals surface area contributed by atoms with Gasteiger partial charge in [-0.25, -0.2) is 4.98 Å². The average Bonchev–Trinajstić information content (AvgIpc) is 3.14. The van der Waals surface area contributed by atoms with Gasteiger partial charge >= 0.3 is 0 Å². The Morgan fingerprint density at radius 1 is 1.48 bits per heavy atom. The Morgan fingerprint density at radius 2 is 2.43 bits per heavy atom. The average molecular weight is 289 g/mol. The zero-order valence-electron chi connectivity index (χ0n) is 12.5. The Bertz CT molecular complexity index is 562. The third-order valence-electron chi connectivity index (χ3n) is 4.00. The topological polar surface area (TPSA) is 56.9 Å². The van der Waals surface area contributed by atoms with Gasteiger partial charge in [0, 0.05) is 56.8 Å². The van der Waals surface area contributed by atoms with Crippen molar-refractivity contribution in [2.75, 3.05) is 20.3 Å². The first-order valence-electron chi connectivity index (χ1n) is 7.59. The van der Waals surface area contributed by atoms with Gasteiger partial charge in [-0.15, -0.1) is 0 Å². The van der Waals surface area contributed by atoms with Crippen LogP contribution in [-0.4, -0.2) is 39.6 Å². The second kappa shape index (κ2) is 6.87. The fourth-order valence-electron chi connectivity index (χ4n) is 2.90. The number of nitrogens with zero attached hydrogens (tertiary/aromatic N) is 4. The summed E-state index contributed by atoms with van der Waals surface area (Å²) in [5, 5.41) is 7.86. The van der Waals surface area contributed by atoms with E-state index in [1.165, 1.54) is 24.2 Å².